The van der Waals surface area contributed by atoms with E-state index in [2.05, 4.69) is 18.9 Å². The lowest BCUT2D eigenvalue weighted by Gasteiger charge is -2.38. The van der Waals surface area contributed by atoms with Crippen LogP contribution in [-0.2, 0) is 7.05 Å². The van der Waals surface area contributed by atoms with E-state index >= 15 is 0 Å². The molecule has 4 nitrogen and oxygen atoms in total. The Balaban J connectivity index is 2.32. The molecule has 1 aliphatic rings. The van der Waals surface area contributed by atoms with Gasteiger partial charge >= 0.3 is 0 Å². The fourth-order valence-corrected chi connectivity index (χ4v) is 2.90. The highest BCUT2D eigenvalue weighted by molar-refractivity contribution is 6.34. The minimum Gasteiger partial charge on any atom is -0.332 e. The number of hydrogen-bond acceptors (Lipinski definition) is 2. The van der Waals surface area contributed by atoms with Crippen LogP contribution in [0.1, 0.15) is 49.3 Å². The molecule has 1 aromatic rings. The van der Waals surface area contributed by atoms with Gasteiger partial charge in [-0.3, -0.25) is 9.48 Å². The highest BCUT2D eigenvalue weighted by atomic mass is 35.5. The molecule has 0 N–H and O–H groups in total. The van der Waals surface area contributed by atoms with E-state index in [1.807, 2.05) is 11.8 Å². The van der Waals surface area contributed by atoms with Gasteiger partial charge in [-0.05, 0) is 40.0 Å². The van der Waals surface area contributed by atoms with E-state index in [1.165, 1.54) is 6.42 Å². The van der Waals surface area contributed by atoms with Crippen LogP contribution in [0.3, 0.4) is 0 Å². The van der Waals surface area contributed by atoms with Crippen LogP contribution in [0.15, 0.2) is 0 Å². The fourth-order valence-electron chi connectivity index (χ4n) is 2.66. The van der Waals surface area contributed by atoms with Gasteiger partial charge in [-0.2, -0.15) is 5.10 Å². The van der Waals surface area contributed by atoms with Gasteiger partial charge in [0.25, 0.3) is 5.91 Å². The van der Waals surface area contributed by atoms with E-state index < -0.39 is 0 Å². The molecule has 0 spiro atoms. The van der Waals surface area contributed by atoms with E-state index in [1.54, 1.807) is 11.7 Å². The first-order valence-corrected chi connectivity index (χ1v) is 6.83. The fraction of sp³-hybridized carbons (Fsp3) is 0.692. The number of aromatic nitrogens is 2. The van der Waals surface area contributed by atoms with E-state index in [4.69, 9.17) is 11.6 Å². The maximum atomic E-state index is 12.6. The van der Waals surface area contributed by atoms with Gasteiger partial charge in [0, 0.05) is 19.1 Å². The summed E-state index contributed by atoms with van der Waals surface area (Å²) in [6.07, 6.45) is 3.29. The quantitative estimate of drug-likeness (QED) is 0.786. The lowest BCUT2D eigenvalue weighted by Crippen LogP contribution is -2.47. The number of carbonyl (C=O) groups excluding carboxylic acids is 1. The molecule has 18 heavy (non-hydrogen) atoms. The monoisotopic (exact) mass is 269 g/mol. The maximum absolute atomic E-state index is 12.6. The Morgan fingerprint density at radius 2 is 1.89 bits per heavy atom. The molecular formula is C13H20ClN3O. The van der Waals surface area contributed by atoms with Crippen molar-refractivity contribution in [1.82, 2.24) is 14.7 Å². The van der Waals surface area contributed by atoms with E-state index in [-0.39, 0.29) is 18.0 Å². The average molecular weight is 270 g/mol. The molecule has 0 saturated carbocycles. The number of carbonyl (C=O) groups is 1. The number of nitrogens with zero attached hydrogens (tertiary/aromatic N) is 3. The predicted octanol–water partition coefficient (Wildman–Crippen LogP) is 2.79. The first-order chi connectivity index (χ1) is 8.43. The van der Waals surface area contributed by atoms with Gasteiger partial charge in [0.05, 0.1) is 10.7 Å². The molecule has 2 rings (SSSR count). The summed E-state index contributed by atoms with van der Waals surface area (Å²) >= 11 is 6.19. The number of piperidine rings is 1. The summed E-state index contributed by atoms with van der Waals surface area (Å²) in [6, 6.07) is 0.527. The van der Waals surface area contributed by atoms with Crippen molar-refractivity contribution in [2.24, 2.45) is 7.05 Å². The molecule has 0 aliphatic carbocycles. The summed E-state index contributed by atoms with van der Waals surface area (Å²) in [7, 11) is 1.81. The Morgan fingerprint density at radius 1 is 1.33 bits per heavy atom. The second kappa shape index (κ2) is 4.92. The van der Waals surface area contributed by atoms with E-state index in [0.29, 0.717) is 10.7 Å². The molecule has 1 fully saturated rings. The molecule has 2 heterocycles. The third kappa shape index (κ3) is 2.14. The summed E-state index contributed by atoms with van der Waals surface area (Å²) in [6.45, 7) is 6.06. The molecule has 2 atom stereocenters. The van der Waals surface area contributed by atoms with Crippen LogP contribution in [0.5, 0.6) is 0 Å². The van der Waals surface area contributed by atoms with Crippen LogP contribution in [0.4, 0.5) is 0 Å². The van der Waals surface area contributed by atoms with Gasteiger partial charge < -0.3 is 4.90 Å². The zero-order chi connectivity index (χ0) is 13.4. The Morgan fingerprint density at radius 3 is 2.33 bits per heavy atom. The van der Waals surface area contributed by atoms with Crippen LogP contribution in [0, 0.1) is 6.92 Å². The lowest BCUT2D eigenvalue weighted by molar-refractivity contribution is 0.0504. The van der Waals surface area contributed by atoms with Crippen molar-refractivity contribution in [3.05, 3.63) is 16.4 Å². The summed E-state index contributed by atoms with van der Waals surface area (Å²) < 4.78 is 1.66. The van der Waals surface area contributed by atoms with Gasteiger partial charge in [-0.15, -0.1) is 0 Å². The van der Waals surface area contributed by atoms with Crippen LogP contribution >= 0.6 is 11.6 Å². The molecule has 1 saturated heterocycles. The average Bonchev–Trinajstić information content (AvgIpc) is 2.56. The van der Waals surface area contributed by atoms with Gasteiger partial charge in [-0.1, -0.05) is 11.6 Å². The standard InChI is InChI=1S/C13H20ClN3O/c1-8-6-5-7-9(2)17(8)13(18)12-11(14)10(3)16(4)15-12/h8-9H,5-7H2,1-4H3/t8-,9-/m0/s1. The topological polar surface area (TPSA) is 38.1 Å². The van der Waals surface area contributed by atoms with Crippen molar-refractivity contribution < 1.29 is 4.79 Å². The number of likely N-dealkylation sites (tertiary alicyclic amines) is 1. The third-order valence-corrected chi connectivity index (χ3v) is 4.34. The Kier molecular flexibility index (Phi) is 3.66. The Bertz CT molecular complexity index is 459. The predicted molar refractivity (Wildman–Crippen MR) is 71.9 cm³/mol. The minimum atomic E-state index is -0.0385. The van der Waals surface area contributed by atoms with Gasteiger partial charge in [0.15, 0.2) is 5.69 Å². The molecule has 100 valence electrons. The van der Waals surface area contributed by atoms with Crippen LogP contribution < -0.4 is 0 Å². The number of amides is 1. The van der Waals surface area contributed by atoms with Gasteiger partial charge in [-0.25, -0.2) is 0 Å². The molecule has 0 unspecified atom stereocenters. The molecular weight excluding hydrogens is 250 g/mol. The zero-order valence-corrected chi connectivity index (χ0v) is 12.2. The Hall–Kier alpha value is -1.03. The summed E-state index contributed by atoms with van der Waals surface area (Å²) in [4.78, 5) is 14.5. The molecule has 1 aromatic heterocycles. The number of aryl methyl sites for hydroxylation is 1. The third-order valence-electron chi connectivity index (χ3n) is 3.89. The maximum Gasteiger partial charge on any atom is 0.276 e. The largest absolute Gasteiger partial charge is 0.332 e. The second-order valence-corrected chi connectivity index (χ2v) is 5.59. The smallest absolute Gasteiger partial charge is 0.276 e. The van der Waals surface area contributed by atoms with Crippen molar-refractivity contribution in [2.75, 3.05) is 0 Å². The number of hydrogen-bond donors (Lipinski definition) is 0. The molecule has 5 heteroatoms. The highest BCUT2D eigenvalue weighted by Gasteiger charge is 2.32. The minimum absolute atomic E-state index is 0.0385. The first-order valence-electron chi connectivity index (χ1n) is 6.45. The van der Waals surface area contributed by atoms with E-state index in [9.17, 15) is 4.79 Å². The van der Waals surface area contributed by atoms with E-state index in [0.717, 1.165) is 18.5 Å². The molecule has 0 aromatic carbocycles. The van der Waals surface area contributed by atoms with Crippen molar-refractivity contribution in [1.29, 1.82) is 0 Å². The lowest BCUT2D eigenvalue weighted by atomic mass is 9.97. The van der Waals surface area contributed by atoms with Crippen LogP contribution in [0.25, 0.3) is 0 Å². The normalized spacial score (nSPS) is 24.4. The highest BCUT2D eigenvalue weighted by Crippen LogP contribution is 2.27. The molecule has 0 bridgehead atoms. The number of halogens is 1. The van der Waals surface area contributed by atoms with Gasteiger partial charge in [0.2, 0.25) is 0 Å². The summed E-state index contributed by atoms with van der Waals surface area (Å²) in [5.74, 6) is -0.0385. The van der Waals surface area contributed by atoms with Gasteiger partial charge in [0.1, 0.15) is 0 Å². The molecule has 1 aliphatic heterocycles. The van der Waals surface area contributed by atoms with Crippen LogP contribution in [0.2, 0.25) is 5.02 Å². The van der Waals surface area contributed by atoms with Crippen molar-refractivity contribution in [3.63, 3.8) is 0 Å². The number of rotatable bonds is 1. The SMILES string of the molecule is Cc1c(Cl)c(C(=O)N2[C@@H](C)CCC[C@@H]2C)nn1C. The summed E-state index contributed by atoms with van der Waals surface area (Å²) in [5, 5.41) is 4.73. The molecule has 1 amide bonds. The Labute approximate surface area is 113 Å². The zero-order valence-electron chi connectivity index (χ0n) is 11.4. The molecule has 0 radical (unpaired) electrons. The first kappa shape index (κ1) is 13.4. The van der Waals surface area contributed by atoms with Crippen molar-refractivity contribution >= 4 is 17.5 Å². The van der Waals surface area contributed by atoms with Crippen molar-refractivity contribution in [2.45, 2.75) is 52.1 Å². The second-order valence-electron chi connectivity index (χ2n) is 5.21. The van der Waals surface area contributed by atoms with Crippen molar-refractivity contribution in [3.8, 4) is 0 Å². The summed E-state index contributed by atoms with van der Waals surface area (Å²) in [5.41, 5.74) is 1.22. The van der Waals surface area contributed by atoms with Crippen LogP contribution in [-0.4, -0.2) is 32.7 Å².